The SMILES string of the molecule is CC(C)(C)OC(=O)N[C@@]1(C(=O)OC(C)(C)C)C[C@@H](N=[N+]=[N-])[C@H]2[C@H](C(=O)OC(C)(C)C)[C@H]21. The highest BCUT2D eigenvalue weighted by atomic mass is 16.6. The molecule has 1 N–H and O–H groups in total. The Morgan fingerprint density at radius 1 is 0.935 bits per heavy atom. The second kappa shape index (κ2) is 7.89. The van der Waals surface area contributed by atoms with Crippen molar-refractivity contribution in [1.29, 1.82) is 0 Å². The number of hydrogen-bond acceptors (Lipinski definition) is 7. The van der Waals surface area contributed by atoms with Gasteiger partial charge in [0.2, 0.25) is 0 Å². The number of alkyl carbamates (subject to hydrolysis) is 1. The zero-order valence-electron chi connectivity index (χ0n) is 19.8. The second-order valence-electron chi connectivity index (χ2n) is 11.2. The van der Waals surface area contributed by atoms with Crippen LogP contribution in [0.15, 0.2) is 5.11 Å². The van der Waals surface area contributed by atoms with E-state index in [9.17, 15) is 14.4 Å². The Bertz CT molecular complexity index is 800. The Labute approximate surface area is 183 Å². The number of nitrogens with zero attached hydrogens (tertiary/aromatic N) is 3. The van der Waals surface area contributed by atoms with Gasteiger partial charge in [-0.05, 0) is 80.2 Å². The van der Waals surface area contributed by atoms with Gasteiger partial charge in [0.1, 0.15) is 22.3 Å². The van der Waals surface area contributed by atoms with Gasteiger partial charge >= 0.3 is 18.0 Å². The number of rotatable bonds is 4. The normalized spacial score (nSPS) is 29.8. The summed E-state index contributed by atoms with van der Waals surface area (Å²) in [4.78, 5) is 41.7. The highest BCUT2D eigenvalue weighted by Crippen LogP contribution is 2.64. The van der Waals surface area contributed by atoms with Crippen molar-refractivity contribution in [1.82, 2.24) is 5.32 Å². The van der Waals surface area contributed by atoms with Gasteiger partial charge in [-0.25, -0.2) is 9.59 Å². The van der Waals surface area contributed by atoms with Gasteiger partial charge in [-0.2, -0.15) is 0 Å². The second-order valence-corrected chi connectivity index (χ2v) is 11.2. The molecule has 0 radical (unpaired) electrons. The molecule has 2 aliphatic rings. The Morgan fingerprint density at radius 3 is 1.90 bits per heavy atom. The Morgan fingerprint density at radius 2 is 1.45 bits per heavy atom. The van der Waals surface area contributed by atoms with Crippen LogP contribution < -0.4 is 5.32 Å². The number of esters is 2. The van der Waals surface area contributed by atoms with E-state index in [0.29, 0.717) is 0 Å². The molecule has 2 saturated carbocycles. The number of hydrogen-bond donors (Lipinski definition) is 1. The van der Waals surface area contributed by atoms with Crippen molar-refractivity contribution in [3.05, 3.63) is 10.4 Å². The molecule has 0 aromatic carbocycles. The van der Waals surface area contributed by atoms with E-state index < -0.39 is 64.2 Å². The van der Waals surface area contributed by atoms with Crippen LogP contribution in [-0.4, -0.2) is 46.4 Å². The van der Waals surface area contributed by atoms with Crippen LogP contribution >= 0.6 is 0 Å². The van der Waals surface area contributed by atoms with Crippen molar-refractivity contribution in [2.75, 3.05) is 0 Å². The van der Waals surface area contributed by atoms with E-state index in [2.05, 4.69) is 15.3 Å². The number of carbonyl (C=O) groups is 3. The molecular formula is C21H34N4O6. The minimum atomic E-state index is -1.57. The summed E-state index contributed by atoms with van der Waals surface area (Å²) >= 11 is 0. The van der Waals surface area contributed by atoms with E-state index in [0.717, 1.165) is 0 Å². The molecular weight excluding hydrogens is 404 g/mol. The summed E-state index contributed by atoms with van der Waals surface area (Å²) in [5.74, 6) is -2.96. The van der Waals surface area contributed by atoms with Crippen molar-refractivity contribution in [3.8, 4) is 0 Å². The van der Waals surface area contributed by atoms with E-state index in [1.54, 1.807) is 62.3 Å². The fraction of sp³-hybridized carbons (Fsp3) is 0.857. The molecule has 0 aromatic rings. The number of carbonyl (C=O) groups excluding carboxylic acids is 3. The van der Waals surface area contributed by atoms with E-state index in [-0.39, 0.29) is 6.42 Å². The van der Waals surface area contributed by atoms with Crippen molar-refractivity contribution < 1.29 is 28.6 Å². The minimum absolute atomic E-state index is 0.0137. The summed E-state index contributed by atoms with van der Waals surface area (Å²) < 4.78 is 16.5. The summed E-state index contributed by atoms with van der Waals surface area (Å²) in [6, 6.07) is -0.671. The van der Waals surface area contributed by atoms with Gasteiger partial charge in [0.15, 0.2) is 0 Å². The number of fused-ring (bicyclic) bond motifs is 1. The fourth-order valence-electron chi connectivity index (χ4n) is 4.17. The maximum absolute atomic E-state index is 13.3. The number of nitrogens with one attached hydrogen (secondary N) is 1. The van der Waals surface area contributed by atoms with Crippen LogP contribution in [0, 0.1) is 17.8 Å². The maximum atomic E-state index is 13.3. The topological polar surface area (TPSA) is 140 Å². The zero-order chi connectivity index (χ0) is 24.0. The molecule has 31 heavy (non-hydrogen) atoms. The molecule has 2 aliphatic carbocycles. The Kier molecular flexibility index (Phi) is 6.31. The van der Waals surface area contributed by atoms with Crippen LogP contribution in [0.3, 0.4) is 0 Å². The third-order valence-electron chi connectivity index (χ3n) is 4.99. The molecule has 10 nitrogen and oxygen atoms in total. The summed E-state index contributed by atoms with van der Waals surface area (Å²) in [6.45, 7) is 15.5. The molecule has 10 heteroatoms. The molecule has 0 heterocycles. The minimum Gasteiger partial charge on any atom is -0.460 e. The van der Waals surface area contributed by atoms with Gasteiger partial charge in [0, 0.05) is 16.9 Å². The lowest BCUT2D eigenvalue weighted by Gasteiger charge is -2.35. The molecule has 0 aromatic heterocycles. The third kappa shape index (κ3) is 5.81. The Balaban J connectivity index is 2.44. The van der Waals surface area contributed by atoms with Crippen LogP contribution in [0.2, 0.25) is 0 Å². The zero-order valence-corrected chi connectivity index (χ0v) is 19.8. The quantitative estimate of drug-likeness (QED) is 0.232. The van der Waals surface area contributed by atoms with Crippen LogP contribution in [0.1, 0.15) is 68.7 Å². The predicted octanol–water partition coefficient (Wildman–Crippen LogP) is 3.88. The molecule has 0 unspecified atom stereocenters. The first-order valence-corrected chi connectivity index (χ1v) is 10.4. The maximum Gasteiger partial charge on any atom is 0.408 e. The largest absolute Gasteiger partial charge is 0.460 e. The monoisotopic (exact) mass is 438 g/mol. The van der Waals surface area contributed by atoms with E-state index >= 15 is 0 Å². The van der Waals surface area contributed by atoms with Gasteiger partial charge in [-0.3, -0.25) is 4.79 Å². The first-order valence-electron chi connectivity index (χ1n) is 10.4. The average molecular weight is 439 g/mol. The van der Waals surface area contributed by atoms with Crippen molar-refractivity contribution >= 4 is 18.0 Å². The molecule has 2 fully saturated rings. The van der Waals surface area contributed by atoms with E-state index in [1.165, 1.54) is 0 Å². The third-order valence-corrected chi connectivity index (χ3v) is 4.99. The van der Waals surface area contributed by atoms with E-state index in [4.69, 9.17) is 19.7 Å². The summed E-state index contributed by atoms with van der Waals surface area (Å²) in [6.07, 6.45) is -0.798. The molecule has 0 spiro atoms. The molecule has 0 aliphatic heterocycles. The van der Waals surface area contributed by atoms with Crippen LogP contribution in [0.4, 0.5) is 4.79 Å². The van der Waals surface area contributed by atoms with Crippen LogP contribution in [0.5, 0.6) is 0 Å². The van der Waals surface area contributed by atoms with Gasteiger partial charge in [0.25, 0.3) is 0 Å². The van der Waals surface area contributed by atoms with Crippen molar-refractivity contribution in [3.63, 3.8) is 0 Å². The van der Waals surface area contributed by atoms with Crippen LogP contribution in [0.25, 0.3) is 10.4 Å². The van der Waals surface area contributed by atoms with Crippen LogP contribution in [-0.2, 0) is 23.8 Å². The van der Waals surface area contributed by atoms with Gasteiger partial charge < -0.3 is 19.5 Å². The molecule has 0 bridgehead atoms. The van der Waals surface area contributed by atoms with Gasteiger partial charge in [-0.15, -0.1) is 0 Å². The fourth-order valence-corrected chi connectivity index (χ4v) is 4.17. The standard InChI is InChI=1S/C21H34N4O6/c1-18(2,3)29-15(26)13-12-11(24-25-22)10-21(14(12)13,16(27)30-19(4,5)6)23-17(28)31-20(7,8)9/h11-14H,10H2,1-9H3,(H,23,28)/t11-,12+,13+,14+,21+/m1/s1. The van der Waals surface area contributed by atoms with Gasteiger partial charge in [0.05, 0.1) is 5.92 Å². The Hall–Kier alpha value is -2.48. The lowest BCUT2D eigenvalue weighted by Crippen LogP contribution is -2.59. The lowest BCUT2D eigenvalue weighted by atomic mass is 9.88. The molecule has 5 atom stereocenters. The molecule has 174 valence electrons. The highest BCUT2D eigenvalue weighted by molar-refractivity contribution is 5.91. The van der Waals surface area contributed by atoms with Crippen molar-refractivity contribution in [2.45, 2.75) is 97.1 Å². The number of azide groups is 1. The first kappa shape index (κ1) is 24.8. The molecule has 1 amide bonds. The summed E-state index contributed by atoms with van der Waals surface area (Å²) in [5, 5.41) is 6.48. The summed E-state index contributed by atoms with van der Waals surface area (Å²) in [7, 11) is 0. The average Bonchev–Trinajstić information content (AvgIpc) is 3.17. The molecule has 0 saturated heterocycles. The van der Waals surface area contributed by atoms with Crippen molar-refractivity contribution in [2.24, 2.45) is 22.9 Å². The molecule has 2 rings (SSSR count). The number of amides is 1. The predicted molar refractivity (Wildman–Crippen MR) is 112 cm³/mol. The lowest BCUT2D eigenvalue weighted by molar-refractivity contribution is -0.165. The smallest absolute Gasteiger partial charge is 0.408 e. The number of ether oxygens (including phenoxy) is 3. The summed E-state index contributed by atoms with van der Waals surface area (Å²) in [5.41, 5.74) is 5.10. The first-order chi connectivity index (χ1) is 13.9. The highest BCUT2D eigenvalue weighted by Gasteiger charge is 2.76. The van der Waals surface area contributed by atoms with Gasteiger partial charge in [-0.1, -0.05) is 5.11 Å². The van der Waals surface area contributed by atoms with E-state index in [1.807, 2.05) is 0 Å².